The number of guanidine groups is 1. The van der Waals surface area contributed by atoms with Crippen molar-refractivity contribution in [3.8, 4) is 0 Å². The van der Waals surface area contributed by atoms with Crippen molar-refractivity contribution in [3.63, 3.8) is 0 Å². The number of nitrogens with two attached hydrogens (primary N) is 1. The molecule has 1 saturated carbocycles. The Kier molecular flexibility index (Phi) is 9.98. The van der Waals surface area contributed by atoms with E-state index in [1.54, 1.807) is 30.1 Å². The topological polar surface area (TPSA) is 177 Å². The molecule has 14 heteroatoms. The highest BCUT2D eigenvalue weighted by Gasteiger charge is 2.40. The minimum Gasteiger partial charge on any atom is -0.480 e. The highest BCUT2D eigenvalue weighted by Crippen LogP contribution is 2.28. The molecular formula is C26H35ClN6O6S. The van der Waals surface area contributed by atoms with Gasteiger partial charge in [0.1, 0.15) is 12.6 Å². The van der Waals surface area contributed by atoms with Gasteiger partial charge in [0.15, 0.2) is 5.96 Å². The van der Waals surface area contributed by atoms with Crippen molar-refractivity contribution in [2.75, 3.05) is 26.7 Å². The zero-order valence-electron chi connectivity index (χ0n) is 22.2. The Bertz CT molecular complexity index is 1380. The van der Waals surface area contributed by atoms with E-state index in [-0.39, 0.29) is 35.3 Å². The molecule has 2 aliphatic rings. The molecule has 5 N–H and O–H groups in total. The normalized spacial score (nSPS) is 17.9. The van der Waals surface area contributed by atoms with Crippen LogP contribution in [0.5, 0.6) is 0 Å². The summed E-state index contributed by atoms with van der Waals surface area (Å²) in [5.41, 5.74) is 5.62. The van der Waals surface area contributed by atoms with Crippen LogP contribution >= 0.6 is 12.4 Å². The predicted octanol–water partition coefficient (Wildman–Crippen LogP) is 1.19. The first-order valence-corrected chi connectivity index (χ1v) is 14.3. The second kappa shape index (κ2) is 12.8. The molecule has 0 bridgehead atoms. The number of likely N-dealkylation sites (N-methyl/N-ethyl adjacent to an activating group) is 1. The maximum Gasteiger partial charge on any atom is 0.323 e. The van der Waals surface area contributed by atoms with E-state index in [1.165, 1.54) is 17.0 Å². The second-order valence-corrected chi connectivity index (χ2v) is 11.8. The van der Waals surface area contributed by atoms with Crippen molar-refractivity contribution in [2.24, 2.45) is 5.73 Å². The molecule has 2 aromatic carbocycles. The lowest BCUT2D eigenvalue weighted by Gasteiger charge is -2.38. The van der Waals surface area contributed by atoms with E-state index in [4.69, 9.17) is 11.1 Å². The number of hydrogen-bond donors (Lipinski definition) is 4. The Balaban J connectivity index is 0.00000441. The lowest BCUT2D eigenvalue weighted by Crippen LogP contribution is -2.55. The maximum absolute atomic E-state index is 13.6. The van der Waals surface area contributed by atoms with Crippen LogP contribution in [0.25, 0.3) is 10.8 Å². The molecule has 0 aromatic heterocycles. The quantitative estimate of drug-likeness (QED) is 0.234. The standard InChI is InChI=1S/C26H34N6O6S.ClH/c1-30(20-7-4-12-31(15-20)26(27)28)23(33)14-22(25(36)32(16-24(34)35)19-9-10-19)29-39(37,38)21-11-8-17-5-2-3-6-18(17)13-21;/h2-3,5-6,8,11,13,19-20,22,29H,4,7,9-10,12,14-16H2,1H3,(H3,27,28)(H,34,35);1H/t20-,22+;/m0./s1. The summed E-state index contributed by atoms with van der Waals surface area (Å²) in [6.45, 7) is 0.371. The second-order valence-electron chi connectivity index (χ2n) is 10.1. The number of nitrogens with one attached hydrogen (secondary N) is 2. The Morgan fingerprint density at radius 3 is 2.42 bits per heavy atom. The minimum absolute atomic E-state index is 0. The number of fused-ring (bicyclic) bond motifs is 1. The third-order valence-electron chi connectivity index (χ3n) is 7.26. The number of carbonyl (C=O) groups excluding carboxylic acids is 2. The number of nitrogens with zero attached hydrogens (tertiary/aromatic N) is 3. The molecule has 0 spiro atoms. The Morgan fingerprint density at radius 1 is 1.12 bits per heavy atom. The van der Waals surface area contributed by atoms with E-state index >= 15 is 0 Å². The zero-order valence-corrected chi connectivity index (χ0v) is 23.8. The lowest BCUT2D eigenvalue weighted by molar-refractivity contribution is -0.146. The van der Waals surface area contributed by atoms with Gasteiger partial charge in [-0.05, 0) is 48.6 Å². The molecule has 0 radical (unpaired) electrons. The molecule has 1 aliphatic carbocycles. The van der Waals surface area contributed by atoms with E-state index in [0.717, 1.165) is 10.3 Å². The van der Waals surface area contributed by atoms with Gasteiger partial charge in [0.25, 0.3) is 0 Å². The number of carboxylic acid groups (broad SMARTS) is 1. The lowest BCUT2D eigenvalue weighted by atomic mass is 10.0. The highest BCUT2D eigenvalue weighted by atomic mass is 35.5. The Morgan fingerprint density at radius 2 is 1.80 bits per heavy atom. The molecule has 2 amide bonds. The molecule has 4 rings (SSSR count). The van der Waals surface area contributed by atoms with Gasteiger partial charge in [-0.15, -0.1) is 12.4 Å². The number of hydrogen-bond acceptors (Lipinski definition) is 6. The fourth-order valence-corrected chi connectivity index (χ4v) is 6.12. The molecule has 1 saturated heterocycles. The van der Waals surface area contributed by atoms with Crippen LogP contribution in [0.1, 0.15) is 32.1 Å². The summed E-state index contributed by atoms with van der Waals surface area (Å²) in [5.74, 6) is -2.54. The van der Waals surface area contributed by atoms with Gasteiger partial charge < -0.3 is 25.5 Å². The van der Waals surface area contributed by atoms with Crippen LogP contribution in [0.4, 0.5) is 0 Å². The Labute approximate surface area is 239 Å². The molecule has 40 heavy (non-hydrogen) atoms. The predicted molar refractivity (Wildman–Crippen MR) is 152 cm³/mol. The number of halogens is 1. The van der Waals surface area contributed by atoms with E-state index in [9.17, 15) is 27.9 Å². The van der Waals surface area contributed by atoms with Crippen molar-refractivity contribution >= 4 is 56.9 Å². The molecule has 218 valence electrons. The first-order valence-electron chi connectivity index (χ1n) is 12.8. The van der Waals surface area contributed by atoms with Gasteiger partial charge in [0.2, 0.25) is 21.8 Å². The average molecular weight is 595 g/mol. The van der Waals surface area contributed by atoms with Crippen LogP contribution in [-0.4, -0.2) is 96.8 Å². The summed E-state index contributed by atoms with van der Waals surface area (Å²) >= 11 is 0. The minimum atomic E-state index is -4.25. The van der Waals surface area contributed by atoms with Gasteiger partial charge in [-0.25, -0.2) is 8.42 Å². The van der Waals surface area contributed by atoms with E-state index in [1.807, 2.05) is 12.1 Å². The number of carbonyl (C=O) groups is 3. The molecular weight excluding hydrogens is 560 g/mol. The van der Waals surface area contributed by atoms with Gasteiger partial charge in [-0.3, -0.25) is 19.8 Å². The van der Waals surface area contributed by atoms with Gasteiger partial charge >= 0.3 is 5.97 Å². The van der Waals surface area contributed by atoms with Crippen LogP contribution in [-0.2, 0) is 24.4 Å². The van der Waals surface area contributed by atoms with Crippen molar-refractivity contribution in [1.82, 2.24) is 19.4 Å². The van der Waals surface area contributed by atoms with Crippen LogP contribution in [0.2, 0.25) is 0 Å². The van der Waals surface area contributed by atoms with Gasteiger partial charge in [-0.1, -0.05) is 30.3 Å². The zero-order chi connectivity index (χ0) is 28.3. The number of benzene rings is 2. The van der Waals surface area contributed by atoms with Crippen molar-refractivity contribution in [3.05, 3.63) is 42.5 Å². The van der Waals surface area contributed by atoms with Crippen molar-refractivity contribution in [2.45, 2.75) is 55.1 Å². The molecule has 2 fully saturated rings. The molecule has 1 aliphatic heterocycles. The van der Waals surface area contributed by atoms with Crippen molar-refractivity contribution < 1.29 is 27.9 Å². The molecule has 1 heterocycles. The molecule has 12 nitrogen and oxygen atoms in total. The third kappa shape index (κ3) is 7.40. The summed E-state index contributed by atoms with van der Waals surface area (Å²) in [6, 6.07) is 9.72. The Hall–Kier alpha value is -3.42. The summed E-state index contributed by atoms with van der Waals surface area (Å²) in [7, 11) is -2.67. The average Bonchev–Trinajstić information content (AvgIpc) is 3.75. The number of aliphatic carboxylic acids is 1. The molecule has 0 unspecified atom stereocenters. The van der Waals surface area contributed by atoms with Crippen LogP contribution < -0.4 is 10.5 Å². The van der Waals surface area contributed by atoms with Crippen LogP contribution in [0, 0.1) is 5.41 Å². The number of piperidine rings is 1. The van der Waals surface area contributed by atoms with E-state index in [2.05, 4.69) is 4.72 Å². The van der Waals surface area contributed by atoms with Crippen LogP contribution in [0.15, 0.2) is 47.4 Å². The SMILES string of the molecule is CN(C(=O)C[C@@H](NS(=O)(=O)c1ccc2ccccc2c1)C(=O)N(CC(=O)O)C1CC1)[C@H]1CCCN(C(=N)N)C1.Cl. The summed E-state index contributed by atoms with van der Waals surface area (Å²) in [4.78, 5) is 42.6. The smallest absolute Gasteiger partial charge is 0.323 e. The summed E-state index contributed by atoms with van der Waals surface area (Å²) in [5, 5.41) is 18.6. The molecule has 2 atom stereocenters. The third-order valence-corrected chi connectivity index (χ3v) is 8.73. The fourth-order valence-electron chi connectivity index (χ4n) is 4.90. The largest absolute Gasteiger partial charge is 0.480 e. The summed E-state index contributed by atoms with van der Waals surface area (Å²) in [6.07, 6.45) is 2.12. The number of likely N-dealkylation sites (tertiary alicyclic amines) is 1. The maximum atomic E-state index is 13.6. The van der Waals surface area contributed by atoms with E-state index in [0.29, 0.717) is 44.2 Å². The number of carboxylic acids is 1. The monoisotopic (exact) mass is 594 g/mol. The van der Waals surface area contributed by atoms with Gasteiger partial charge in [0, 0.05) is 32.2 Å². The first kappa shape index (κ1) is 31.1. The molecule has 2 aromatic rings. The van der Waals surface area contributed by atoms with Gasteiger partial charge in [-0.2, -0.15) is 4.72 Å². The number of amides is 2. The number of rotatable bonds is 10. The van der Waals surface area contributed by atoms with Crippen molar-refractivity contribution in [1.29, 1.82) is 5.41 Å². The summed E-state index contributed by atoms with van der Waals surface area (Å²) < 4.78 is 29.3. The fraction of sp³-hybridized carbons (Fsp3) is 0.462. The van der Waals surface area contributed by atoms with Crippen LogP contribution in [0.3, 0.4) is 0 Å². The first-order chi connectivity index (χ1) is 18.5. The highest BCUT2D eigenvalue weighted by molar-refractivity contribution is 7.89. The number of sulfonamides is 1. The van der Waals surface area contributed by atoms with Gasteiger partial charge in [0.05, 0.1) is 11.3 Å². The van der Waals surface area contributed by atoms with E-state index < -0.39 is 46.8 Å².